The molecule has 0 radical (unpaired) electrons. The van der Waals surface area contributed by atoms with Gasteiger partial charge >= 0.3 is 5.97 Å². The van der Waals surface area contributed by atoms with E-state index in [4.69, 9.17) is 4.74 Å². The first kappa shape index (κ1) is 13.4. The second-order valence-corrected chi connectivity index (χ2v) is 3.79. The second-order valence-electron chi connectivity index (χ2n) is 3.79. The van der Waals surface area contributed by atoms with Crippen molar-refractivity contribution in [2.45, 2.75) is 32.6 Å². The van der Waals surface area contributed by atoms with E-state index in [1.54, 1.807) is 6.07 Å². The van der Waals surface area contributed by atoms with E-state index >= 15 is 0 Å². The van der Waals surface area contributed by atoms with Crippen LogP contribution in [0.15, 0.2) is 18.3 Å². The molecule has 0 aromatic carbocycles. The lowest BCUT2D eigenvalue weighted by molar-refractivity contribution is 0.0491. The fraction of sp³-hybridized carbons (Fsp3) is 0.462. The highest BCUT2D eigenvalue weighted by Gasteiger charge is 2.08. The Balaban J connectivity index is 2.38. The number of esters is 1. The molecule has 1 heterocycles. The van der Waals surface area contributed by atoms with Crippen molar-refractivity contribution >= 4 is 12.3 Å². The summed E-state index contributed by atoms with van der Waals surface area (Å²) in [5.41, 5.74) is 0.614. The van der Waals surface area contributed by atoms with Gasteiger partial charge in [-0.05, 0) is 18.6 Å². The maximum atomic E-state index is 11.5. The molecule has 0 amide bonds. The van der Waals surface area contributed by atoms with Crippen molar-refractivity contribution in [2.75, 3.05) is 6.61 Å². The Kier molecular flexibility index (Phi) is 5.93. The topological polar surface area (TPSA) is 56.3 Å². The molecule has 4 nitrogen and oxygen atoms in total. The Labute approximate surface area is 101 Å². The molecule has 0 unspecified atom stereocenters. The van der Waals surface area contributed by atoms with Gasteiger partial charge in [-0.25, -0.2) is 9.78 Å². The zero-order valence-corrected chi connectivity index (χ0v) is 10.0. The standard InChI is InChI=1S/C13H17NO3/c1-2-3-4-5-8-17-13(16)12-9-11(10-15)6-7-14-12/h6-7,9-10H,2-5,8H2,1H3. The van der Waals surface area contributed by atoms with Gasteiger partial charge in [-0.15, -0.1) is 0 Å². The summed E-state index contributed by atoms with van der Waals surface area (Å²) in [5, 5.41) is 0. The minimum atomic E-state index is -0.467. The van der Waals surface area contributed by atoms with Crippen molar-refractivity contribution in [1.29, 1.82) is 0 Å². The van der Waals surface area contributed by atoms with Gasteiger partial charge in [0.2, 0.25) is 0 Å². The summed E-state index contributed by atoms with van der Waals surface area (Å²) in [4.78, 5) is 25.9. The number of pyridine rings is 1. The van der Waals surface area contributed by atoms with Crippen molar-refractivity contribution in [3.63, 3.8) is 0 Å². The molecule has 0 N–H and O–H groups in total. The Hall–Kier alpha value is -1.71. The van der Waals surface area contributed by atoms with Crippen molar-refractivity contribution in [1.82, 2.24) is 4.98 Å². The van der Waals surface area contributed by atoms with Crippen molar-refractivity contribution in [2.24, 2.45) is 0 Å². The van der Waals surface area contributed by atoms with Crippen LogP contribution in [0.2, 0.25) is 0 Å². The summed E-state index contributed by atoms with van der Waals surface area (Å²) in [7, 11) is 0. The molecule has 0 atom stereocenters. The number of hydrogen-bond acceptors (Lipinski definition) is 4. The highest BCUT2D eigenvalue weighted by molar-refractivity contribution is 5.89. The van der Waals surface area contributed by atoms with Gasteiger partial charge in [0.25, 0.3) is 0 Å². The monoisotopic (exact) mass is 235 g/mol. The van der Waals surface area contributed by atoms with E-state index in [1.165, 1.54) is 12.3 Å². The molecule has 4 heteroatoms. The minimum Gasteiger partial charge on any atom is -0.461 e. The molecule has 0 aliphatic rings. The van der Waals surface area contributed by atoms with E-state index in [-0.39, 0.29) is 5.69 Å². The van der Waals surface area contributed by atoms with Crippen LogP contribution >= 0.6 is 0 Å². The summed E-state index contributed by atoms with van der Waals surface area (Å²) in [6.45, 7) is 2.53. The van der Waals surface area contributed by atoms with E-state index in [0.717, 1.165) is 25.7 Å². The highest BCUT2D eigenvalue weighted by atomic mass is 16.5. The third kappa shape index (κ3) is 4.76. The summed E-state index contributed by atoms with van der Waals surface area (Å²) < 4.78 is 5.06. The zero-order valence-electron chi connectivity index (χ0n) is 10.0. The maximum absolute atomic E-state index is 11.5. The van der Waals surface area contributed by atoms with Crippen LogP contribution in [0.25, 0.3) is 0 Å². The van der Waals surface area contributed by atoms with Crippen LogP contribution in [-0.2, 0) is 4.74 Å². The molecular formula is C13H17NO3. The number of ether oxygens (including phenoxy) is 1. The molecule has 0 aliphatic heterocycles. The van der Waals surface area contributed by atoms with Gasteiger partial charge in [0.05, 0.1) is 6.61 Å². The average molecular weight is 235 g/mol. The number of unbranched alkanes of at least 4 members (excludes halogenated alkanes) is 3. The van der Waals surface area contributed by atoms with Gasteiger partial charge in [0, 0.05) is 11.8 Å². The fourth-order valence-electron chi connectivity index (χ4n) is 1.40. The normalized spacial score (nSPS) is 9.94. The number of hydrogen-bond donors (Lipinski definition) is 0. The molecule has 0 saturated heterocycles. The average Bonchev–Trinajstić information content (AvgIpc) is 2.38. The summed E-state index contributed by atoms with van der Waals surface area (Å²) in [6.07, 6.45) is 6.34. The molecule has 1 aromatic rings. The molecule has 0 fully saturated rings. The van der Waals surface area contributed by atoms with Crippen molar-refractivity contribution < 1.29 is 14.3 Å². The van der Waals surface area contributed by atoms with Crippen LogP contribution in [0.5, 0.6) is 0 Å². The van der Waals surface area contributed by atoms with E-state index in [9.17, 15) is 9.59 Å². The molecule has 92 valence electrons. The van der Waals surface area contributed by atoms with Gasteiger partial charge in [0.15, 0.2) is 0 Å². The Morgan fingerprint density at radius 1 is 1.41 bits per heavy atom. The second kappa shape index (κ2) is 7.54. The Morgan fingerprint density at radius 2 is 2.24 bits per heavy atom. The van der Waals surface area contributed by atoms with Crippen LogP contribution in [0, 0.1) is 0 Å². The van der Waals surface area contributed by atoms with Gasteiger partial charge in [-0.2, -0.15) is 0 Å². The first-order chi connectivity index (χ1) is 8.27. The lowest BCUT2D eigenvalue weighted by Gasteiger charge is -2.04. The molecule has 17 heavy (non-hydrogen) atoms. The van der Waals surface area contributed by atoms with Crippen LogP contribution in [-0.4, -0.2) is 23.8 Å². The molecule has 0 bridgehead atoms. The van der Waals surface area contributed by atoms with Crippen molar-refractivity contribution in [3.05, 3.63) is 29.6 Å². The maximum Gasteiger partial charge on any atom is 0.356 e. The zero-order chi connectivity index (χ0) is 12.5. The number of carbonyl (C=O) groups is 2. The SMILES string of the molecule is CCCCCCOC(=O)c1cc(C=O)ccn1. The highest BCUT2D eigenvalue weighted by Crippen LogP contribution is 2.03. The van der Waals surface area contributed by atoms with E-state index in [1.807, 2.05) is 0 Å². The summed E-state index contributed by atoms with van der Waals surface area (Å²) >= 11 is 0. The first-order valence-electron chi connectivity index (χ1n) is 5.86. The smallest absolute Gasteiger partial charge is 0.356 e. The van der Waals surface area contributed by atoms with Gasteiger partial charge in [-0.3, -0.25) is 4.79 Å². The lowest BCUT2D eigenvalue weighted by Crippen LogP contribution is -2.08. The third-order valence-electron chi connectivity index (χ3n) is 2.36. The number of rotatable bonds is 7. The lowest BCUT2D eigenvalue weighted by atomic mass is 10.2. The molecule has 0 spiro atoms. The summed E-state index contributed by atoms with van der Waals surface area (Å²) in [5.74, 6) is -0.467. The van der Waals surface area contributed by atoms with Gasteiger partial charge in [0.1, 0.15) is 12.0 Å². The van der Waals surface area contributed by atoms with Gasteiger partial charge in [-0.1, -0.05) is 26.2 Å². The largest absolute Gasteiger partial charge is 0.461 e. The first-order valence-corrected chi connectivity index (χ1v) is 5.86. The minimum absolute atomic E-state index is 0.185. The van der Waals surface area contributed by atoms with Crippen LogP contribution in [0.4, 0.5) is 0 Å². The molecular weight excluding hydrogens is 218 g/mol. The quantitative estimate of drug-likeness (QED) is 0.414. The van der Waals surface area contributed by atoms with Crippen LogP contribution < -0.4 is 0 Å². The van der Waals surface area contributed by atoms with Crippen LogP contribution in [0.3, 0.4) is 0 Å². The fourth-order valence-corrected chi connectivity index (χ4v) is 1.40. The third-order valence-corrected chi connectivity index (χ3v) is 2.36. The Morgan fingerprint density at radius 3 is 2.94 bits per heavy atom. The van der Waals surface area contributed by atoms with Crippen LogP contribution in [0.1, 0.15) is 53.5 Å². The van der Waals surface area contributed by atoms with Gasteiger partial charge < -0.3 is 4.74 Å². The molecule has 0 aliphatic carbocycles. The molecule has 1 aromatic heterocycles. The number of aldehydes is 1. The molecule has 0 saturated carbocycles. The number of carbonyl (C=O) groups excluding carboxylic acids is 2. The Bertz CT molecular complexity index is 377. The van der Waals surface area contributed by atoms with E-state index in [0.29, 0.717) is 18.5 Å². The van der Waals surface area contributed by atoms with E-state index in [2.05, 4.69) is 11.9 Å². The van der Waals surface area contributed by atoms with Crippen molar-refractivity contribution in [3.8, 4) is 0 Å². The summed E-state index contributed by atoms with van der Waals surface area (Å²) in [6, 6.07) is 2.98. The van der Waals surface area contributed by atoms with E-state index < -0.39 is 5.97 Å². The number of aromatic nitrogens is 1. The molecule has 1 rings (SSSR count). The predicted octanol–water partition coefficient (Wildman–Crippen LogP) is 2.63. The number of nitrogens with zero attached hydrogens (tertiary/aromatic N) is 1. The predicted molar refractivity (Wildman–Crippen MR) is 64.0 cm³/mol.